The molecule has 104 valence electrons. The number of rotatable bonds is 4. The van der Waals surface area contributed by atoms with Crippen LogP contribution in [0.2, 0.25) is 0 Å². The quantitative estimate of drug-likeness (QED) is 0.842. The number of methoxy groups -OCH3 is 2. The van der Waals surface area contributed by atoms with Crippen LogP contribution in [0.3, 0.4) is 0 Å². The van der Waals surface area contributed by atoms with Crippen LogP contribution in [-0.2, 0) is 14.3 Å². The van der Waals surface area contributed by atoms with Crippen molar-refractivity contribution in [1.82, 2.24) is 0 Å². The Bertz CT molecular complexity index is 445. The van der Waals surface area contributed by atoms with Crippen molar-refractivity contribution < 1.29 is 19.0 Å². The minimum Gasteiger partial charge on any atom is -0.497 e. The second kappa shape index (κ2) is 5.48. The molecule has 1 heterocycles. The van der Waals surface area contributed by atoms with E-state index in [2.05, 4.69) is 5.32 Å². The van der Waals surface area contributed by atoms with Crippen LogP contribution in [0.4, 0.5) is 5.69 Å². The lowest BCUT2D eigenvalue weighted by atomic mass is 9.91. The van der Waals surface area contributed by atoms with Crippen LogP contribution in [0.5, 0.6) is 5.75 Å². The molecule has 0 radical (unpaired) electrons. The van der Waals surface area contributed by atoms with Gasteiger partial charge < -0.3 is 19.5 Å². The number of anilines is 1. The summed E-state index contributed by atoms with van der Waals surface area (Å²) in [5.41, 5.74) is 0.0205. The maximum Gasteiger partial charge on any atom is 0.334 e. The zero-order valence-electron chi connectivity index (χ0n) is 11.4. The monoisotopic (exact) mass is 265 g/mol. The van der Waals surface area contributed by atoms with Crippen LogP contribution in [0.15, 0.2) is 24.3 Å². The molecule has 1 saturated heterocycles. The number of hydrogen-bond acceptors (Lipinski definition) is 5. The van der Waals surface area contributed by atoms with Crippen molar-refractivity contribution in [3.8, 4) is 5.75 Å². The van der Waals surface area contributed by atoms with Crippen molar-refractivity contribution in [3.05, 3.63) is 24.3 Å². The fourth-order valence-corrected chi connectivity index (χ4v) is 2.34. The second-order valence-electron chi connectivity index (χ2n) is 4.58. The highest BCUT2D eigenvalue weighted by Crippen LogP contribution is 2.31. The van der Waals surface area contributed by atoms with Gasteiger partial charge in [-0.25, -0.2) is 4.79 Å². The zero-order valence-corrected chi connectivity index (χ0v) is 11.4. The van der Waals surface area contributed by atoms with E-state index in [4.69, 9.17) is 14.2 Å². The Kier molecular flexibility index (Phi) is 3.95. The number of carbonyl (C=O) groups excluding carboxylic acids is 1. The summed E-state index contributed by atoms with van der Waals surface area (Å²) in [4.78, 5) is 12.1. The van der Waals surface area contributed by atoms with Crippen molar-refractivity contribution >= 4 is 11.7 Å². The van der Waals surface area contributed by atoms with Gasteiger partial charge in [-0.05, 0) is 31.2 Å². The van der Waals surface area contributed by atoms with E-state index in [0.717, 1.165) is 11.4 Å². The summed E-state index contributed by atoms with van der Waals surface area (Å²) in [6.45, 7) is 2.42. The molecule has 1 aliphatic heterocycles. The predicted octanol–water partition coefficient (Wildman–Crippen LogP) is 1.83. The van der Waals surface area contributed by atoms with Crippen molar-refractivity contribution in [2.45, 2.75) is 25.0 Å². The summed E-state index contributed by atoms with van der Waals surface area (Å²) in [5, 5.41) is 3.25. The van der Waals surface area contributed by atoms with Gasteiger partial charge in [-0.2, -0.15) is 0 Å². The maximum absolute atomic E-state index is 12.1. The largest absolute Gasteiger partial charge is 0.497 e. The average molecular weight is 265 g/mol. The smallest absolute Gasteiger partial charge is 0.334 e. The Labute approximate surface area is 112 Å². The summed E-state index contributed by atoms with van der Waals surface area (Å²) < 4.78 is 15.5. The molecule has 0 amide bonds. The predicted molar refractivity (Wildman–Crippen MR) is 71.4 cm³/mol. The van der Waals surface area contributed by atoms with Gasteiger partial charge in [0, 0.05) is 18.7 Å². The third-order valence-corrected chi connectivity index (χ3v) is 3.57. The van der Waals surface area contributed by atoms with E-state index < -0.39 is 5.54 Å². The SMILES string of the molecule is COC(=O)C1(Nc2ccc(OC)cc2)CCOC1C. The summed E-state index contributed by atoms with van der Waals surface area (Å²) >= 11 is 0. The molecule has 1 fully saturated rings. The van der Waals surface area contributed by atoms with E-state index in [1.54, 1.807) is 7.11 Å². The van der Waals surface area contributed by atoms with Crippen molar-refractivity contribution in [2.24, 2.45) is 0 Å². The summed E-state index contributed by atoms with van der Waals surface area (Å²) in [7, 11) is 3.01. The third-order valence-electron chi connectivity index (χ3n) is 3.57. The lowest BCUT2D eigenvalue weighted by molar-refractivity contribution is -0.147. The van der Waals surface area contributed by atoms with Gasteiger partial charge in [0.05, 0.1) is 20.3 Å². The highest BCUT2D eigenvalue weighted by Gasteiger charge is 2.49. The zero-order chi connectivity index (χ0) is 13.9. The van der Waals surface area contributed by atoms with Gasteiger partial charge in [0.1, 0.15) is 5.75 Å². The van der Waals surface area contributed by atoms with Crippen LogP contribution in [-0.4, -0.2) is 38.4 Å². The van der Waals surface area contributed by atoms with Crippen molar-refractivity contribution in [1.29, 1.82) is 0 Å². The van der Waals surface area contributed by atoms with Gasteiger partial charge >= 0.3 is 5.97 Å². The Balaban J connectivity index is 2.22. The molecule has 2 rings (SSSR count). The van der Waals surface area contributed by atoms with Crippen LogP contribution >= 0.6 is 0 Å². The highest BCUT2D eigenvalue weighted by molar-refractivity contribution is 5.85. The number of nitrogens with one attached hydrogen (secondary N) is 1. The minimum atomic E-state index is -0.816. The van der Waals surface area contributed by atoms with Crippen molar-refractivity contribution in [3.63, 3.8) is 0 Å². The molecule has 1 aromatic rings. The summed E-state index contributed by atoms with van der Waals surface area (Å²) in [6, 6.07) is 7.42. The number of esters is 1. The van der Waals surface area contributed by atoms with Gasteiger partial charge in [0.25, 0.3) is 0 Å². The molecule has 1 aromatic carbocycles. The molecule has 5 heteroatoms. The maximum atomic E-state index is 12.1. The molecule has 0 saturated carbocycles. The molecule has 0 aliphatic carbocycles. The normalized spacial score (nSPS) is 25.9. The van der Waals surface area contributed by atoms with E-state index in [0.29, 0.717) is 13.0 Å². The summed E-state index contributed by atoms with van der Waals surface area (Å²) in [5.74, 6) is 0.474. The number of hydrogen-bond donors (Lipinski definition) is 1. The number of ether oxygens (including phenoxy) is 3. The van der Waals surface area contributed by atoms with E-state index >= 15 is 0 Å². The van der Waals surface area contributed by atoms with Gasteiger partial charge in [-0.3, -0.25) is 0 Å². The molecule has 0 aromatic heterocycles. The molecule has 1 N–H and O–H groups in total. The lowest BCUT2D eigenvalue weighted by Gasteiger charge is -2.31. The van der Waals surface area contributed by atoms with Gasteiger partial charge in [-0.1, -0.05) is 0 Å². The van der Waals surface area contributed by atoms with Gasteiger partial charge in [-0.15, -0.1) is 0 Å². The number of carbonyl (C=O) groups is 1. The Morgan fingerprint density at radius 1 is 1.37 bits per heavy atom. The first-order valence-electron chi connectivity index (χ1n) is 6.24. The Morgan fingerprint density at radius 2 is 2.05 bits per heavy atom. The minimum absolute atomic E-state index is 0.234. The van der Waals surface area contributed by atoms with Crippen molar-refractivity contribution in [2.75, 3.05) is 26.1 Å². The molecule has 0 bridgehead atoms. The van der Waals surface area contributed by atoms with Crippen LogP contribution in [0.25, 0.3) is 0 Å². The van der Waals surface area contributed by atoms with Gasteiger partial charge in [0.2, 0.25) is 0 Å². The number of benzene rings is 1. The highest BCUT2D eigenvalue weighted by atomic mass is 16.5. The standard InChI is InChI=1S/C14H19NO4/c1-10-14(8-9-19-10,13(16)18-3)15-11-4-6-12(17-2)7-5-11/h4-7,10,15H,8-9H2,1-3H3. The lowest BCUT2D eigenvalue weighted by Crippen LogP contribution is -2.52. The molecule has 5 nitrogen and oxygen atoms in total. The van der Waals surface area contributed by atoms with E-state index in [9.17, 15) is 4.79 Å². The molecule has 2 unspecified atom stereocenters. The first-order valence-corrected chi connectivity index (χ1v) is 6.24. The first kappa shape index (κ1) is 13.7. The average Bonchev–Trinajstić information content (AvgIpc) is 2.81. The molecule has 2 atom stereocenters. The van der Waals surface area contributed by atoms with Crippen LogP contribution in [0, 0.1) is 0 Å². The van der Waals surface area contributed by atoms with E-state index in [-0.39, 0.29) is 12.1 Å². The fraction of sp³-hybridized carbons (Fsp3) is 0.500. The Hall–Kier alpha value is -1.75. The Morgan fingerprint density at radius 3 is 2.53 bits per heavy atom. The van der Waals surface area contributed by atoms with Gasteiger partial charge in [0.15, 0.2) is 5.54 Å². The summed E-state index contributed by atoms with van der Waals surface area (Å²) in [6.07, 6.45) is 0.356. The van der Waals surface area contributed by atoms with E-state index in [1.807, 2.05) is 31.2 Å². The third kappa shape index (κ3) is 2.51. The molecular formula is C14H19NO4. The van der Waals surface area contributed by atoms with Crippen LogP contribution < -0.4 is 10.1 Å². The topological polar surface area (TPSA) is 56.8 Å². The fourth-order valence-electron chi connectivity index (χ4n) is 2.34. The first-order chi connectivity index (χ1) is 9.12. The molecule has 19 heavy (non-hydrogen) atoms. The van der Waals surface area contributed by atoms with Crippen LogP contribution in [0.1, 0.15) is 13.3 Å². The molecule has 0 spiro atoms. The van der Waals surface area contributed by atoms with E-state index in [1.165, 1.54) is 7.11 Å². The second-order valence-corrected chi connectivity index (χ2v) is 4.58. The molecular weight excluding hydrogens is 246 g/mol. The molecule has 1 aliphatic rings.